The van der Waals surface area contributed by atoms with Crippen LogP contribution in [0.1, 0.15) is 16.7 Å². The van der Waals surface area contributed by atoms with Crippen LogP contribution in [0.5, 0.6) is 0 Å². The van der Waals surface area contributed by atoms with Crippen molar-refractivity contribution in [2.24, 2.45) is 0 Å². The summed E-state index contributed by atoms with van der Waals surface area (Å²) < 4.78 is 5.40. The zero-order valence-corrected chi connectivity index (χ0v) is 14.4. The Morgan fingerprint density at radius 3 is 2.44 bits per heavy atom. The van der Waals surface area contributed by atoms with Crippen LogP contribution in [0.25, 0.3) is 0 Å². The van der Waals surface area contributed by atoms with E-state index in [0.717, 1.165) is 38.4 Å². The molecule has 5 nitrogen and oxygen atoms in total. The van der Waals surface area contributed by atoms with Gasteiger partial charge in [-0.3, -0.25) is 9.69 Å². The minimum absolute atomic E-state index is 0.0194. The molecule has 1 heterocycles. The summed E-state index contributed by atoms with van der Waals surface area (Å²) in [6.45, 7) is 4.94. The van der Waals surface area contributed by atoms with Crippen LogP contribution in [0.3, 0.4) is 0 Å². The minimum Gasteiger partial charge on any atom is -0.399 e. The number of carbonyl (C=O) groups is 1. The van der Waals surface area contributed by atoms with Crippen LogP contribution >= 0.6 is 0 Å². The average molecular weight is 339 g/mol. The number of nitrogens with one attached hydrogen (secondary N) is 1. The molecule has 0 bridgehead atoms. The molecule has 0 saturated carbocycles. The summed E-state index contributed by atoms with van der Waals surface area (Å²) in [5.74, 6) is 0.0194. The summed E-state index contributed by atoms with van der Waals surface area (Å²) >= 11 is 0. The zero-order chi connectivity index (χ0) is 17.5. The fourth-order valence-corrected chi connectivity index (χ4v) is 2.96. The van der Waals surface area contributed by atoms with Crippen LogP contribution in [-0.4, -0.2) is 37.1 Å². The lowest BCUT2D eigenvalue weighted by Gasteiger charge is -2.27. The molecule has 1 amide bonds. The number of amides is 1. The summed E-state index contributed by atoms with van der Waals surface area (Å²) in [6.07, 6.45) is 0.367. The van der Waals surface area contributed by atoms with E-state index in [2.05, 4.69) is 28.4 Å². The quantitative estimate of drug-likeness (QED) is 0.790. The average Bonchev–Trinajstić information content (AvgIpc) is 2.64. The van der Waals surface area contributed by atoms with Crippen LogP contribution in [-0.2, 0) is 29.0 Å². The SMILES string of the molecule is Nc1ccc(CC(=O)NCc2ccccc2CN2CCOCC2)cc1. The fraction of sp³-hybridized carbons (Fsp3) is 0.350. The number of nitrogen functional groups attached to an aromatic ring is 1. The van der Waals surface area contributed by atoms with Crippen molar-refractivity contribution in [3.8, 4) is 0 Å². The van der Waals surface area contributed by atoms with Crippen molar-refractivity contribution in [3.63, 3.8) is 0 Å². The largest absolute Gasteiger partial charge is 0.399 e. The van der Waals surface area contributed by atoms with Gasteiger partial charge in [-0.2, -0.15) is 0 Å². The minimum atomic E-state index is 0.0194. The zero-order valence-electron chi connectivity index (χ0n) is 14.4. The number of morpholine rings is 1. The number of ether oxygens (including phenoxy) is 1. The third-order valence-corrected chi connectivity index (χ3v) is 4.44. The molecule has 3 rings (SSSR count). The van der Waals surface area contributed by atoms with Crippen molar-refractivity contribution in [1.82, 2.24) is 10.2 Å². The first kappa shape index (κ1) is 17.5. The number of nitrogens with two attached hydrogens (primary N) is 1. The highest BCUT2D eigenvalue weighted by molar-refractivity contribution is 5.78. The molecule has 132 valence electrons. The molecule has 1 aliphatic rings. The predicted molar refractivity (Wildman–Crippen MR) is 98.9 cm³/mol. The van der Waals surface area contributed by atoms with Gasteiger partial charge in [0, 0.05) is 31.9 Å². The Morgan fingerprint density at radius 2 is 1.72 bits per heavy atom. The van der Waals surface area contributed by atoms with Crippen molar-refractivity contribution in [2.75, 3.05) is 32.0 Å². The molecule has 5 heteroatoms. The normalized spacial score (nSPS) is 15.0. The topological polar surface area (TPSA) is 67.6 Å². The maximum atomic E-state index is 12.2. The molecule has 1 aliphatic heterocycles. The second kappa shape index (κ2) is 8.65. The van der Waals surface area contributed by atoms with Crippen LogP contribution in [0.2, 0.25) is 0 Å². The van der Waals surface area contributed by atoms with Crippen molar-refractivity contribution in [1.29, 1.82) is 0 Å². The predicted octanol–water partition coefficient (Wildman–Crippen LogP) is 1.96. The molecule has 0 radical (unpaired) electrons. The Labute approximate surface area is 148 Å². The van der Waals surface area contributed by atoms with Crippen molar-refractivity contribution < 1.29 is 9.53 Å². The molecule has 1 saturated heterocycles. The van der Waals surface area contributed by atoms with Gasteiger partial charge < -0.3 is 15.8 Å². The monoisotopic (exact) mass is 339 g/mol. The molecule has 1 fully saturated rings. The molecule has 2 aromatic rings. The summed E-state index contributed by atoms with van der Waals surface area (Å²) in [5, 5.41) is 3.03. The van der Waals surface area contributed by atoms with E-state index in [-0.39, 0.29) is 5.91 Å². The summed E-state index contributed by atoms with van der Waals surface area (Å²) in [4.78, 5) is 14.6. The maximum absolute atomic E-state index is 12.2. The first-order chi connectivity index (χ1) is 12.2. The molecule has 3 N–H and O–H groups in total. The second-order valence-corrected chi connectivity index (χ2v) is 6.35. The van der Waals surface area contributed by atoms with E-state index < -0.39 is 0 Å². The Balaban J connectivity index is 1.55. The Kier molecular flexibility index (Phi) is 6.04. The van der Waals surface area contributed by atoms with Gasteiger partial charge in [0.05, 0.1) is 19.6 Å². The molecule has 0 unspecified atom stereocenters. The highest BCUT2D eigenvalue weighted by Gasteiger charge is 2.13. The molecule has 0 atom stereocenters. The number of carbonyl (C=O) groups excluding carboxylic acids is 1. The van der Waals surface area contributed by atoms with Gasteiger partial charge in [-0.1, -0.05) is 36.4 Å². The Morgan fingerprint density at radius 1 is 1.04 bits per heavy atom. The van der Waals surface area contributed by atoms with Gasteiger partial charge >= 0.3 is 0 Å². The highest BCUT2D eigenvalue weighted by Crippen LogP contribution is 2.13. The number of nitrogens with zero attached hydrogens (tertiary/aromatic N) is 1. The smallest absolute Gasteiger partial charge is 0.224 e. The van der Waals surface area contributed by atoms with Gasteiger partial charge in [-0.05, 0) is 28.8 Å². The first-order valence-electron chi connectivity index (χ1n) is 8.69. The number of hydrogen-bond donors (Lipinski definition) is 2. The third kappa shape index (κ3) is 5.31. The van der Waals surface area contributed by atoms with Crippen molar-refractivity contribution in [2.45, 2.75) is 19.5 Å². The molecule has 0 aliphatic carbocycles. The molecule has 25 heavy (non-hydrogen) atoms. The lowest BCUT2D eigenvalue weighted by molar-refractivity contribution is -0.120. The first-order valence-corrected chi connectivity index (χ1v) is 8.69. The lowest BCUT2D eigenvalue weighted by Crippen LogP contribution is -2.36. The van der Waals surface area contributed by atoms with Gasteiger partial charge in [0.25, 0.3) is 0 Å². The van der Waals surface area contributed by atoms with E-state index in [9.17, 15) is 4.79 Å². The molecular weight excluding hydrogens is 314 g/mol. The van der Waals surface area contributed by atoms with E-state index >= 15 is 0 Å². The molecule has 0 aromatic heterocycles. The number of rotatable bonds is 6. The number of benzene rings is 2. The lowest BCUT2D eigenvalue weighted by atomic mass is 10.1. The summed E-state index contributed by atoms with van der Waals surface area (Å²) in [6, 6.07) is 15.7. The summed E-state index contributed by atoms with van der Waals surface area (Å²) in [5.41, 5.74) is 9.78. The van der Waals surface area contributed by atoms with E-state index in [1.54, 1.807) is 0 Å². The number of hydrogen-bond acceptors (Lipinski definition) is 4. The van der Waals surface area contributed by atoms with Crippen LogP contribution in [0.4, 0.5) is 5.69 Å². The maximum Gasteiger partial charge on any atom is 0.224 e. The Bertz CT molecular complexity index is 694. The van der Waals surface area contributed by atoms with Gasteiger partial charge in [-0.25, -0.2) is 0 Å². The molecule has 0 spiro atoms. The van der Waals surface area contributed by atoms with E-state index in [4.69, 9.17) is 10.5 Å². The molecule has 2 aromatic carbocycles. The van der Waals surface area contributed by atoms with E-state index in [1.165, 1.54) is 11.1 Å². The van der Waals surface area contributed by atoms with Crippen LogP contribution in [0.15, 0.2) is 48.5 Å². The fourth-order valence-electron chi connectivity index (χ4n) is 2.96. The summed E-state index contributed by atoms with van der Waals surface area (Å²) in [7, 11) is 0. The van der Waals surface area contributed by atoms with Gasteiger partial charge in [0.2, 0.25) is 5.91 Å². The number of anilines is 1. The standard InChI is InChI=1S/C20H25N3O2/c21-19-7-5-16(6-8-19)13-20(24)22-14-17-3-1-2-4-18(17)15-23-9-11-25-12-10-23/h1-8H,9-15,21H2,(H,22,24). The van der Waals surface area contributed by atoms with Crippen LogP contribution < -0.4 is 11.1 Å². The van der Waals surface area contributed by atoms with Gasteiger partial charge in [-0.15, -0.1) is 0 Å². The molecular formula is C20H25N3O2. The van der Waals surface area contributed by atoms with E-state index in [0.29, 0.717) is 18.7 Å². The van der Waals surface area contributed by atoms with E-state index in [1.807, 2.05) is 30.3 Å². The van der Waals surface area contributed by atoms with Crippen LogP contribution in [0, 0.1) is 0 Å². The highest BCUT2D eigenvalue weighted by atomic mass is 16.5. The van der Waals surface area contributed by atoms with Crippen molar-refractivity contribution in [3.05, 3.63) is 65.2 Å². The Hall–Kier alpha value is -2.37. The second-order valence-electron chi connectivity index (χ2n) is 6.35. The van der Waals surface area contributed by atoms with Gasteiger partial charge in [0.15, 0.2) is 0 Å². The van der Waals surface area contributed by atoms with Gasteiger partial charge in [0.1, 0.15) is 0 Å². The third-order valence-electron chi connectivity index (χ3n) is 4.44. The van der Waals surface area contributed by atoms with Crippen molar-refractivity contribution >= 4 is 11.6 Å².